The van der Waals surface area contributed by atoms with E-state index in [-0.39, 0.29) is 12.5 Å². The molecule has 27 heavy (non-hydrogen) atoms. The molecule has 0 aromatic heterocycles. The minimum atomic E-state index is -0.0464. The van der Waals surface area contributed by atoms with Gasteiger partial charge in [-0.3, -0.25) is 14.6 Å². The number of nitrogens with zero attached hydrogens (tertiary/aromatic N) is 2. The Bertz CT molecular complexity index is 773. The first-order valence-electron chi connectivity index (χ1n) is 9.23. The Morgan fingerprint density at radius 2 is 1.81 bits per heavy atom. The van der Waals surface area contributed by atoms with Gasteiger partial charge < -0.3 is 5.32 Å². The van der Waals surface area contributed by atoms with Crippen LogP contribution in [0.2, 0.25) is 10.0 Å². The molecule has 1 heterocycles. The van der Waals surface area contributed by atoms with Gasteiger partial charge in [0.1, 0.15) is 0 Å². The molecule has 0 unspecified atom stereocenters. The lowest BCUT2D eigenvalue weighted by molar-refractivity contribution is -0.117. The Morgan fingerprint density at radius 3 is 2.48 bits per heavy atom. The summed E-state index contributed by atoms with van der Waals surface area (Å²) < 4.78 is 0. The molecule has 4 nitrogen and oxygen atoms in total. The summed E-state index contributed by atoms with van der Waals surface area (Å²) in [7, 11) is 1.89. The number of anilines is 1. The van der Waals surface area contributed by atoms with Crippen LogP contribution in [0, 0.1) is 0 Å². The van der Waals surface area contributed by atoms with Crippen LogP contribution >= 0.6 is 23.2 Å². The number of halogens is 2. The molecular weight excluding hydrogens is 381 g/mol. The number of rotatable bonds is 7. The second-order valence-electron chi connectivity index (χ2n) is 7.14. The van der Waals surface area contributed by atoms with Gasteiger partial charge in [-0.05, 0) is 68.4 Å². The first-order chi connectivity index (χ1) is 13.0. The van der Waals surface area contributed by atoms with Gasteiger partial charge in [0.2, 0.25) is 5.91 Å². The molecule has 1 amide bonds. The van der Waals surface area contributed by atoms with E-state index in [2.05, 4.69) is 22.3 Å². The maximum Gasteiger partial charge on any atom is 0.238 e. The molecule has 1 N–H and O–H groups in total. The number of likely N-dealkylation sites (tertiary alicyclic amines) is 1. The first kappa shape index (κ1) is 20.2. The largest absolute Gasteiger partial charge is 0.325 e. The molecule has 0 aliphatic carbocycles. The second-order valence-corrected chi connectivity index (χ2v) is 7.98. The highest BCUT2D eigenvalue weighted by Crippen LogP contribution is 2.22. The second kappa shape index (κ2) is 9.56. The Labute approximate surface area is 171 Å². The number of amides is 1. The van der Waals surface area contributed by atoms with Gasteiger partial charge in [-0.25, -0.2) is 0 Å². The average molecular weight is 406 g/mol. The lowest BCUT2D eigenvalue weighted by Crippen LogP contribution is -2.29. The smallest absolute Gasteiger partial charge is 0.238 e. The quantitative estimate of drug-likeness (QED) is 0.727. The lowest BCUT2D eigenvalue weighted by Gasteiger charge is -2.18. The van der Waals surface area contributed by atoms with Crippen molar-refractivity contribution in [1.29, 1.82) is 0 Å². The van der Waals surface area contributed by atoms with Crippen LogP contribution in [0.4, 0.5) is 5.69 Å². The summed E-state index contributed by atoms with van der Waals surface area (Å²) in [6.45, 7) is 4.22. The van der Waals surface area contributed by atoms with E-state index in [0.29, 0.717) is 16.6 Å². The number of likely N-dealkylation sites (N-methyl/N-ethyl adjacent to an activating group) is 1. The molecule has 0 radical (unpaired) electrons. The molecule has 0 spiro atoms. The van der Waals surface area contributed by atoms with Crippen molar-refractivity contribution in [1.82, 2.24) is 9.80 Å². The van der Waals surface area contributed by atoms with Gasteiger partial charge in [-0.2, -0.15) is 0 Å². The Kier molecular flexibility index (Phi) is 7.13. The predicted molar refractivity (Wildman–Crippen MR) is 112 cm³/mol. The fraction of sp³-hybridized carbons (Fsp3) is 0.381. The van der Waals surface area contributed by atoms with Crippen LogP contribution < -0.4 is 5.32 Å². The maximum atomic E-state index is 12.3. The van der Waals surface area contributed by atoms with E-state index < -0.39 is 0 Å². The Hall–Kier alpha value is -1.59. The number of benzene rings is 2. The number of nitrogens with one attached hydrogen (secondary N) is 1. The molecular formula is C21H25Cl2N3O. The van der Waals surface area contributed by atoms with E-state index in [1.807, 2.05) is 30.1 Å². The van der Waals surface area contributed by atoms with Gasteiger partial charge in [0.15, 0.2) is 0 Å². The zero-order valence-corrected chi connectivity index (χ0v) is 17.1. The molecule has 2 aromatic rings. The molecule has 1 saturated heterocycles. The highest BCUT2D eigenvalue weighted by atomic mass is 35.5. The molecule has 1 aliphatic heterocycles. The number of carbonyl (C=O) groups is 1. The average Bonchev–Trinajstić information content (AvgIpc) is 3.12. The zero-order valence-electron chi connectivity index (χ0n) is 15.5. The van der Waals surface area contributed by atoms with Gasteiger partial charge in [0, 0.05) is 28.8 Å². The minimum Gasteiger partial charge on any atom is -0.325 e. The third-order valence-corrected chi connectivity index (χ3v) is 5.30. The van der Waals surface area contributed by atoms with E-state index in [1.165, 1.54) is 31.5 Å². The van der Waals surface area contributed by atoms with Gasteiger partial charge in [0.05, 0.1) is 6.54 Å². The van der Waals surface area contributed by atoms with Crippen molar-refractivity contribution in [2.45, 2.75) is 25.9 Å². The van der Waals surface area contributed by atoms with Crippen LogP contribution in [0.15, 0.2) is 42.5 Å². The molecule has 144 valence electrons. The topological polar surface area (TPSA) is 35.6 Å². The van der Waals surface area contributed by atoms with Crippen LogP contribution in [0.3, 0.4) is 0 Å². The number of carbonyl (C=O) groups excluding carboxylic acids is 1. The summed E-state index contributed by atoms with van der Waals surface area (Å²) in [4.78, 5) is 16.7. The zero-order chi connectivity index (χ0) is 19.2. The number of hydrogen-bond donors (Lipinski definition) is 1. The molecule has 1 aliphatic rings. The molecule has 0 atom stereocenters. The predicted octanol–water partition coefficient (Wildman–Crippen LogP) is 4.66. The summed E-state index contributed by atoms with van der Waals surface area (Å²) >= 11 is 12.1. The van der Waals surface area contributed by atoms with Gasteiger partial charge in [0.25, 0.3) is 0 Å². The fourth-order valence-corrected chi connectivity index (χ4v) is 3.80. The van der Waals surface area contributed by atoms with Crippen molar-refractivity contribution < 1.29 is 4.79 Å². The summed E-state index contributed by atoms with van der Waals surface area (Å²) in [5, 5.41) is 4.18. The molecule has 2 aromatic carbocycles. The van der Waals surface area contributed by atoms with Crippen LogP contribution in [-0.4, -0.2) is 42.4 Å². The van der Waals surface area contributed by atoms with Crippen LogP contribution in [-0.2, 0) is 17.9 Å². The monoisotopic (exact) mass is 405 g/mol. The van der Waals surface area contributed by atoms with Gasteiger partial charge in [-0.15, -0.1) is 0 Å². The third-order valence-electron chi connectivity index (χ3n) is 4.71. The minimum absolute atomic E-state index is 0.0464. The summed E-state index contributed by atoms with van der Waals surface area (Å²) in [5.74, 6) is -0.0464. The van der Waals surface area contributed by atoms with Crippen molar-refractivity contribution in [3.05, 3.63) is 63.6 Å². The highest BCUT2D eigenvalue weighted by Gasteiger charge is 2.12. The van der Waals surface area contributed by atoms with E-state index >= 15 is 0 Å². The van der Waals surface area contributed by atoms with E-state index in [1.54, 1.807) is 12.1 Å². The van der Waals surface area contributed by atoms with E-state index in [0.717, 1.165) is 17.8 Å². The Balaban J connectivity index is 1.47. The van der Waals surface area contributed by atoms with Crippen LogP contribution in [0.1, 0.15) is 24.0 Å². The van der Waals surface area contributed by atoms with Crippen LogP contribution in [0.25, 0.3) is 0 Å². The molecule has 1 fully saturated rings. The van der Waals surface area contributed by atoms with Gasteiger partial charge in [-0.1, -0.05) is 41.4 Å². The summed E-state index contributed by atoms with van der Waals surface area (Å²) in [6, 6.07) is 13.5. The normalized spacial score (nSPS) is 14.7. The summed E-state index contributed by atoms with van der Waals surface area (Å²) in [6.07, 6.45) is 2.59. The third kappa shape index (κ3) is 6.22. The molecule has 0 saturated carbocycles. The summed E-state index contributed by atoms with van der Waals surface area (Å²) in [5.41, 5.74) is 3.05. The molecule has 6 heteroatoms. The lowest BCUT2D eigenvalue weighted by atomic mass is 10.2. The first-order valence-corrected chi connectivity index (χ1v) is 9.99. The standard InChI is InChI=1S/C21H25Cl2N3O/c1-25(14-17-6-7-18(22)12-20(17)23)15-21(27)24-19-8-4-16(5-9-19)13-26-10-2-3-11-26/h4-9,12H,2-3,10-11,13-15H2,1H3,(H,24,27). The van der Waals surface area contributed by atoms with Crippen molar-refractivity contribution in [2.24, 2.45) is 0 Å². The maximum absolute atomic E-state index is 12.3. The van der Waals surface area contributed by atoms with Crippen molar-refractivity contribution >= 4 is 34.8 Å². The fourth-order valence-electron chi connectivity index (χ4n) is 3.33. The molecule has 0 bridgehead atoms. The van der Waals surface area contributed by atoms with Crippen molar-refractivity contribution in [2.75, 3.05) is 32.0 Å². The highest BCUT2D eigenvalue weighted by molar-refractivity contribution is 6.35. The Morgan fingerprint density at radius 1 is 1.11 bits per heavy atom. The van der Waals surface area contributed by atoms with Gasteiger partial charge >= 0.3 is 0 Å². The van der Waals surface area contributed by atoms with E-state index in [9.17, 15) is 4.79 Å². The van der Waals surface area contributed by atoms with E-state index in [4.69, 9.17) is 23.2 Å². The van der Waals surface area contributed by atoms with Crippen LogP contribution in [0.5, 0.6) is 0 Å². The van der Waals surface area contributed by atoms with Crippen molar-refractivity contribution in [3.63, 3.8) is 0 Å². The molecule has 3 rings (SSSR count). The number of hydrogen-bond acceptors (Lipinski definition) is 3. The SMILES string of the molecule is CN(CC(=O)Nc1ccc(CN2CCCC2)cc1)Cc1ccc(Cl)cc1Cl. The van der Waals surface area contributed by atoms with Crippen molar-refractivity contribution in [3.8, 4) is 0 Å².